The molecule has 0 saturated heterocycles. The average Bonchev–Trinajstić information content (AvgIpc) is 2.81. The zero-order valence-electron chi connectivity index (χ0n) is 21.4. The molecule has 0 aromatic heterocycles. The van der Waals surface area contributed by atoms with Gasteiger partial charge in [0.05, 0.1) is 25.7 Å². The molecule has 4 atom stereocenters. The van der Waals surface area contributed by atoms with Crippen molar-refractivity contribution in [2.75, 3.05) is 13.7 Å². The van der Waals surface area contributed by atoms with E-state index in [1.54, 1.807) is 0 Å². The summed E-state index contributed by atoms with van der Waals surface area (Å²) in [7, 11) is 1.35. The lowest BCUT2D eigenvalue weighted by atomic mass is 9.80. The molecule has 192 valence electrons. The van der Waals surface area contributed by atoms with Crippen LogP contribution in [0.4, 0.5) is 0 Å². The topological polar surface area (TPSA) is 87.0 Å². The second-order valence-corrected chi connectivity index (χ2v) is 9.53. The van der Waals surface area contributed by atoms with Crippen molar-refractivity contribution in [1.29, 1.82) is 0 Å². The molecule has 0 spiro atoms. The summed E-state index contributed by atoms with van der Waals surface area (Å²) in [6.45, 7) is 3.65. The summed E-state index contributed by atoms with van der Waals surface area (Å²) in [6.07, 6.45) is 19.7. The van der Waals surface area contributed by atoms with Crippen molar-refractivity contribution in [3.8, 4) is 0 Å². The molecular weight excluding hydrogens is 404 g/mol. The standard InChI is InChI=1S/C27H54O5/c1-4-6-7-8-9-10-11-12-13-14-15-16-17-18-19-20-21-24(26(30)25(29)22-28)23(5-2)27(31)32-3/h23-26,28-30H,4-22H2,1-3H3/t23-,24-,25-,26-/m0/s1. The molecule has 0 amide bonds. The van der Waals surface area contributed by atoms with Crippen molar-refractivity contribution in [3.63, 3.8) is 0 Å². The van der Waals surface area contributed by atoms with Gasteiger partial charge in [0, 0.05) is 5.92 Å². The summed E-state index contributed by atoms with van der Waals surface area (Å²) in [4.78, 5) is 12.1. The van der Waals surface area contributed by atoms with Crippen LogP contribution in [0.3, 0.4) is 0 Å². The monoisotopic (exact) mass is 458 g/mol. The van der Waals surface area contributed by atoms with Gasteiger partial charge < -0.3 is 20.1 Å². The summed E-state index contributed by atoms with van der Waals surface area (Å²) in [6, 6.07) is 0. The van der Waals surface area contributed by atoms with Crippen molar-refractivity contribution in [2.24, 2.45) is 11.8 Å². The Balaban J connectivity index is 3.86. The molecule has 0 radical (unpaired) electrons. The molecule has 3 N–H and O–H groups in total. The van der Waals surface area contributed by atoms with Gasteiger partial charge >= 0.3 is 5.97 Å². The van der Waals surface area contributed by atoms with Crippen LogP contribution in [0.2, 0.25) is 0 Å². The second kappa shape index (κ2) is 22.2. The van der Waals surface area contributed by atoms with Crippen molar-refractivity contribution in [1.82, 2.24) is 0 Å². The Hall–Kier alpha value is -0.650. The van der Waals surface area contributed by atoms with Gasteiger partial charge in [-0.15, -0.1) is 0 Å². The number of methoxy groups -OCH3 is 1. The van der Waals surface area contributed by atoms with Crippen LogP contribution >= 0.6 is 0 Å². The van der Waals surface area contributed by atoms with Crippen LogP contribution in [-0.2, 0) is 9.53 Å². The van der Waals surface area contributed by atoms with Crippen molar-refractivity contribution in [2.45, 2.75) is 142 Å². The largest absolute Gasteiger partial charge is 0.469 e. The molecule has 0 fully saturated rings. The Bertz CT molecular complexity index is 415. The van der Waals surface area contributed by atoms with E-state index in [4.69, 9.17) is 4.74 Å². The zero-order valence-corrected chi connectivity index (χ0v) is 21.4. The number of aliphatic hydroxyl groups is 3. The van der Waals surface area contributed by atoms with Crippen LogP contribution in [0.1, 0.15) is 129 Å². The number of carbonyl (C=O) groups is 1. The van der Waals surface area contributed by atoms with E-state index in [0.717, 1.165) is 19.3 Å². The Kier molecular flexibility index (Phi) is 21.7. The normalized spacial score (nSPS) is 15.3. The number of unbranched alkanes of at least 4 members (excludes halogenated alkanes) is 15. The number of carbonyl (C=O) groups excluding carboxylic acids is 1. The van der Waals surface area contributed by atoms with Crippen molar-refractivity contribution in [3.05, 3.63) is 0 Å². The minimum atomic E-state index is -1.22. The van der Waals surface area contributed by atoms with Gasteiger partial charge in [-0.2, -0.15) is 0 Å². The maximum atomic E-state index is 12.1. The Morgan fingerprint density at radius 3 is 1.47 bits per heavy atom. The van der Waals surface area contributed by atoms with Gasteiger partial charge in [-0.25, -0.2) is 0 Å². The lowest BCUT2D eigenvalue weighted by Gasteiger charge is -2.31. The molecule has 5 heteroatoms. The van der Waals surface area contributed by atoms with Gasteiger partial charge in [-0.1, -0.05) is 117 Å². The van der Waals surface area contributed by atoms with Gasteiger partial charge in [0.25, 0.3) is 0 Å². The van der Waals surface area contributed by atoms with E-state index in [2.05, 4.69) is 6.92 Å². The summed E-state index contributed by atoms with van der Waals surface area (Å²) < 4.78 is 4.89. The fourth-order valence-corrected chi connectivity index (χ4v) is 4.73. The number of esters is 1. The Morgan fingerprint density at radius 1 is 0.719 bits per heavy atom. The highest BCUT2D eigenvalue weighted by atomic mass is 16.5. The summed E-state index contributed by atoms with van der Waals surface area (Å²) >= 11 is 0. The van der Waals surface area contributed by atoms with Crippen molar-refractivity contribution < 1.29 is 24.9 Å². The first kappa shape index (κ1) is 31.4. The highest BCUT2D eigenvalue weighted by Gasteiger charge is 2.35. The van der Waals surface area contributed by atoms with E-state index in [-0.39, 0.29) is 11.9 Å². The summed E-state index contributed by atoms with van der Waals surface area (Å²) in [5, 5.41) is 29.5. The third-order valence-corrected chi connectivity index (χ3v) is 6.87. The Labute approximate surface area is 198 Å². The van der Waals surface area contributed by atoms with Crippen LogP contribution in [0, 0.1) is 11.8 Å². The quantitative estimate of drug-likeness (QED) is 0.126. The second-order valence-electron chi connectivity index (χ2n) is 9.53. The molecule has 0 aliphatic carbocycles. The molecule has 0 aromatic rings. The predicted octanol–water partition coefficient (Wildman–Crippen LogP) is 6.17. The SMILES string of the molecule is CCCCCCCCCCCCCCCCCC[C@H]([C@H](O)[C@@H](O)CO)[C@H](CC)C(=O)OC. The highest BCUT2D eigenvalue weighted by Crippen LogP contribution is 2.28. The third-order valence-electron chi connectivity index (χ3n) is 6.87. The molecular formula is C27H54O5. The first-order valence-corrected chi connectivity index (χ1v) is 13.6. The smallest absolute Gasteiger partial charge is 0.309 e. The fraction of sp³-hybridized carbons (Fsp3) is 0.963. The van der Waals surface area contributed by atoms with E-state index in [1.807, 2.05) is 6.92 Å². The summed E-state index contributed by atoms with van der Waals surface area (Å²) in [5.74, 6) is -1.19. The highest BCUT2D eigenvalue weighted by molar-refractivity contribution is 5.72. The van der Waals surface area contributed by atoms with Crippen LogP contribution in [0.5, 0.6) is 0 Å². The molecule has 0 bridgehead atoms. The molecule has 0 aromatic carbocycles. The van der Waals surface area contributed by atoms with Crippen LogP contribution in [0.25, 0.3) is 0 Å². The molecule has 0 heterocycles. The number of rotatable bonds is 23. The number of ether oxygens (including phenoxy) is 1. The van der Waals surface area contributed by atoms with Crippen LogP contribution < -0.4 is 0 Å². The minimum Gasteiger partial charge on any atom is -0.469 e. The molecule has 0 aliphatic rings. The zero-order chi connectivity index (χ0) is 24.0. The molecule has 5 nitrogen and oxygen atoms in total. The Morgan fingerprint density at radius 2 is 1.12 bits per heavy atom. The van der Waals surface area contributed by atoms with Gasteiger partial charge in [0.2, 0.25) is 0 Å². The number of hydrogen-bond acceptors (Lipinski definition) is 5. The lowest BCUT2D eigenvalue weighted by Crippen LogP contribution is -2.42. The predicted molar refractivity (Wildman–Crippen MR) is 133 cm³/mol. The molecule has 0 aliphatic heterocycles. The lowest BCUT2D eigenvalue weighted by molar-refractivity contribution is -0.152. The summed E-state index contributed by atoms with van der Waals surface area (Å²) in [5.41, 5.74) is 0. The van der Waals surface area contributed by atoms with Gasteiger partial charge in [-0.3, -0.25) is 4.79 Å². The fourth-order valence-electron chi connectivity index (χ4n) is 4.73. The number of aliphatic hydroxyl groups excluding tert-OH is 3. The van der Waals surface area contributed by atoms with Gasteiger partial charge in [0.15, 0.2) is 0 Å². The van der Waals surface area contributed by atoms with Crippen molar-refractivity contribution >= 4 is 5.97 Å². The first-order chi connectivity index (χ1) is 15.5. The van der Waals surface area contributed by atoms with E-state index in [0.29, 0.717) is 12.8 Å². The van der Waals surface area contributed by atoms with Crippen LogP contribution in [0.15, 0.2) is 0 Å². The molecule has 0 unspecified atom stereocenters. The van der Waals surface area contributed by atoms with E-state index in [1.165, 1.54) is 90.6 Å². The van der Waals surface area contributed by atoms with E-state index >= 15 is 0 Å². The maximum Gasteiger partial charge on any atom is 0.309 e. The van der Waals surface area contributed by atoms with E-state index < -0.39 is 24.7 Å². The van der Waals surface area contributed by atoms with E-state index in [9.17, 15) is 20.1 Å². The molecule has 0 saturated carbocycles. The minimum absolute atomic E-state index is 0.349. The first-order valence-electron chi connectivity index (χ1n) is 13.6. The van der Waals surface area contributed by atoms with Crippen LogP contribution in [-0.4, -0.2) is 47.2 Å². The van der Waals surface area contributed by atoms with Gasteiger partial charge in [0.1, 0.15) is 6.10 Å². The average molecular weight is 459 g/mol. The molecule has 0 rings (SSSR count). The van der Waals surface area contributed by atoms with Gasteiger partial charge in [-0.05, 0) is 12.8 Å². The number of hydrogen-bond donors (Lipinski definition) is 3. The third kappa shape index (κ3) is 15.2. The molecule has 32 heavy (non-hydrogen) atoms. The maximum absolute atomic E-state index is 12.1.